The number of benzene rings is 2. The molecule has 0 spiro atoms. The van der Waals surface area contributed by atoms with Gasteiger partial charge in [0.05, 0.1) is 16.1 Å². The maximum Gasteiger partial charge on any atom is 0.242 e. The molecule has 10 heteroatoms. The van der Waals surface area contributed by atoms with E-state index in [0.717, 1.165) is 78.0 Å². The van der Waals surface area contributed by atoms with Gasteiger partial charge in [-0.05, 0) is 92.2 Å². The smallest absolute Gasteiger partial charge is 0.242 e. The molecule has 2 aliphatic rings. The lowest BCUT2D eigenvalue weighted by molar-refractivity contribution is 0.311. The zero-order valence-corrected chi connectivity index (χ0v) is 22.6. The van der Waals surface area contributed by atoms with Gasteiger partial charge in [-0.25, -0.2) is 22.7 Å². The van der Waals surface area contributed by atoms with Crippen LogP contribution in [0.2, 0.25) is 0 Å². The molecule has 2 aliphatic heterocycles. The minimum absolute atomic E-state index is 0.361. The van der Waals surface area contributed by atoms with E-state index in [1.165, 1.54) is 9.87 Å². The minimum Gasteiger partial charge on any atom is -0.351 e. The normalized spacial score (nSPS) is 16.8. The van der Waals surface area contributed by atoms with Gasteiger partial charge in [0.2, 0.25) is 10.0 Å². The van der Waals surface area contributed by atoms with Crippen molar-refractivity contribution in [3.63, 3.8) is 0 Å². The van der Waals surface area contributed by atoms with Crippen LogP contribution in [-0.2, 0) is 23.0 Å². The van der Waals surface area contributed by atoms with E-state index < -0.39 is 10.0 Å². The Morgan fingerprint density at radius 2 is 1.92 bits per heavy atom. The lowest BCUT2D eigenvalue weighted by atomic mass is 9.98. The van der Waals surface area contributed by atoms with Crippen LogP contribution in [0.4, 0.5) is 5.82 Å². The van der Waals surface area contributed by atoms with Crippen LogP contribution in [0.25, 0.3) is 22.2 Å². The highest BCUT2D eigenvalue weighted by atomic mass is 32.2. The van der Waals surface area contributed by atoms with Gasteiger partial charge < -0.3 is 10.2 Å². The standard InChI is InChI=1S/C28H33N7O2S/c1-19-13-22(26-7-11-32-33-26)15-25-27(19)30-18-31-28(25)35-12-8-21-3-4-24(14-23(21)17-35)38(36,37)34(2)16-20-5-9-29-10-6-20/h3-4,7,11,13-15,18,20,29H,5-6,8-10,12,16-17H2,1-2H3,(H,32,33). The predicted octanol–water partition coefficient (Wildman–Crippen LogP) is 3.51. The van der Waals surface area contributed by atoms with Gasteiger partial charge in [0.15, 0.2) is 0 Å². The van der Waals surface area contributed by atoms with E-state index in [2.05, 4.69) is 49.4 Å². The maximum absolute atomic E-state index is 13.5. The number of rotatable bonds is 6. The number of aromatic amines is 1. The van der Waals surface area contributed by atoms with Crippen LogP contribution in [0.15, 0.2) is 53.8 Å². The fraction of sp³-hybridized carbons (Fsp3) is 0.393. The van der Waals surface area contributed by atoms with E-state index in [0.29, 0.717) is 23.9 Å². The fourth-order valence-corrected chi connectivity index (χ4v) is 7.04. The lowest BCUT2D eigenvalue weighted by Gasteiger charge is -2.31. The van der Waals surface area contributed by atoms with Crippen LogP contribution in [0, 0.1) is 12.8 Å². The molecule has 0 radical (unpaired) electrons. The average molecular weight is 532 g/mol. The molecule has 198 valence electrons. The summed E-state index contributed by atoms with van der Waals surface area (Å²) in [5.41, 5.74) is 6.18. The van der Waals surface area contributed by atoms with Gasteiger partial charge >= 0.3 is 0 Å². The Kier molecular flexibility index (Phi) is 6.63. The van der Waals surface area contributed by atoms with Gasteiger partial charge in [-0.2, -0.15) is 5.10 Å². The van der Waals surface area contributed by atoms with Crippen LogP contribution in [0.1, 0.15) is 29.5 Å². The molecule has 0 atom stereocenters. The number of sulfonamides is 1. The largest absolute Gasteiger partial charge is 0.351 e. The summed E-state index contributed by atoms with van der Waals surface area (Å²) in [7, 11) is -1.86. The Labute approximate surface area is 223 Å². The Balaban J connectivity index is 1.30. The zero-order valence-electron chi connectivity index (χ0n) is 21.8. The van der Waals surface area contributed by atoms with Crippen molar-refractivity contribution in [2.24, 2.45) is 5.92 Å². The highest BCUT2D eigenvalue weighted by molar-refractivity contribution is 7.89. The van der Waals surface area contributed by atoms with Crippen molar-refractivity contribution in [3.8, 4) is 11.3 Å². The molecule has 2 N–H and O–H groups in total. The first kappa shape index (κ1) is 25.0. The second-order valence-electron chi connectivity index (χ2n) is 10.4. The molecule has 0 bridgehead atoms. The number of piperidine rings is 1. The van der Waals surface area contributed by atoms with Crippen LogP contribution in [0.5, 0.6) is 0 Å². The number of fused-ring (bicyclic) bond motifs is 2. The SMILES string of the molecule is Cc1cc(-c2ccn[nH]2)cc2c(N3CCc4ccc(S(=O)(=O)N(C)CC5CCNCC5)cc4C3)ncnc12. The van der Waals surface area contributed by atoms with E-state index in [-0.39, 0.29) is 0 Å². The molecule has 0 unspecified atom stereocenters. The Bertz CT molecular complexity index is 1560. The summed E-state index contributed by atoms with van der Waals surface area (Å²) in [6, 6.07) is 11.8. The molecular formula is C28H33N7O2S. The van der Waals surface area contributed by atoms with Crippen molar-refractivity contribution in [2.45, 2.75) is 37.6 Å². The van der Waals surface area contributed by atoms with Crippen molar-refractivity contribution >= 4 is 26.7 Å². The second kappa shape index (κ2) is 10.1. The number of anilines is 1. The van der Waals surface area contributed by atoms with E-state index in [9.17, 15) is 8.42 Å². The van der Waals surface area contributed by atoms with Crippen LogP contribution in [0.3, 0.4) is 0 Å². The van der Waals surface area contributed by atoms with Crippen molar-refractivity contribution in [3.05, 3.63) is 65.6 Å². The molecule has 1 fully saturated rings. The van der Waals surface area contributed by atoms with Gasteiger partial charge in [-0.3, -0.25) is 5.10 Å². The first-order chi connectivity index (χ1) is 18.4. The first-order valence-electron chi connectivity index (χ1n) is 13.2. The molecule has 1 saturated heterocycles. The summed E-state index contributed by atoms with van der Waals surface area (Å²) in [6.45, 7) is 5.91. The zero-order chi connectivity index (χ0) is 26.3. The molecule has 9 nitrogen and oxygen atoms in total. The Morgan fingerprint density at radius 1 is 1.08 bits per heavy atom. The average Bonchev–Trinajstić information content (AvgIpc) is 3.48. The van der Waals surface area contributed by atoms with Crippen molar-refractivity contribution in [1.82, 2.24) is 29.8 Å². The first-order valence-corrected chi connectivity index (χ1v) is 14.6. The van der Waals surface area contributed by atoms with E-state index in [4.69, 9.17) is 0 Å². The van der Waals surface area contributed by atoms with Gasteiger partial charge in [0.25, 0.3) is 0 Å². The Hall–Kier alpha value is -3.34. The molecule has 38 heavy (non-hydrogen) atoms. The highest BCUT2D eigenvalue weighted by Gasteiger charge is 2.27. The molecule has 0 saturated carbocycles. The summed E-state index contributed by atoms with van der Waals surface area (Å²) in [6.07, 6.45) is 6.20. The molecule has 4 heterocycles. The molecule has 2 aromatic carbocycles. The molecule has 0 amide bonds. The van der Waals surface area contributed by atoms with E-state index in [1.54, 1.807) is 25.6 Å². The topological polar surface area (TPSA) is 107 Å². The summed E-state index contributed by atoms with van der Waals surface area (Å²) >= 11 is 0. The molecular weight excluding hydrogens is 498 g/mol. The molecule has 6 rings (SSSR count). The van der Waals surface area contributed by atoms with Crippen LogP contribution >= 0.6 is 0 Å². The second-order valence-corrected chi connectivity index (χ2v) is 12.5. The summed E-state index contributed by atoms with van der Waals surface area (Å²) < 4.78 is 28.5. The number of nitrogens with one attached hydrogen (secondary N) is 2. The third-order valence-corrected chi connectivity index (χ3v) is 9.71. The van der Waals surface area contributed by atoms with Crippen LogP contribution in [-0.4, -0.2) is 66.1 Å². The number of hydrogen-bond donors (Lipinski definition) is 2. The number of aromatic nitrogens is 4. The number of hydrogen-bond acceptors (Lipinski definition) is 7. The Morgan fingerprint density at radius 3 is 2.71 bits per heavy atom. The summed E-state index contributed by atoms with van der Waals surface area (Å²) in [5.74, 6) is 1.26. The van der Waals surface area contributed by atoms with Crippen molar-refractivity contribution in [1.29, 1.82) is 0 Å². The van der Waals surface area contributed by atoms with Crippen LogP contribution < -0.4 is 10.2 Å². The molecule has 2 aromatic heterocycles. The number of nitrogens with zero attached hydrogens (tertiary/aromatic N) is 5. The van der Waals surface area contributed by atoms with Crippen molar-refractivity contribution < 1.29 is 8.42 Å². The van der Waals surface area contributed by atoms with Gasteiger partial charge in [0.1, 0.15) is 12.1 Å². The molecule has 0 aliphatic carbocycles. The third-order valence-electron chi connectivity index (χ3n) is 7.89. The highest BCUT2D eigenvalue weighted by Crippen LogP contribution is 2.33. The quantitative estimate of drug-likeness (QED) is 0.392. The molecule has 4 aromatic rings. The number of aryl methyl sites for hydroxylation is 1. The van der Waals surface area contributed by atoms with Gasteiger partial charge in [-0.15, -0.1) is 0 Å². The third kappa shape index (κ3) is 4.68. The van der Waals surface area contributed by atoms with E-state index >= 15 is 0 Å². The number of H-pyrrole nitrogens is 1. The van der Waals surface area contributed by atoms with E-state index in [1.807, 2.05) is 18.2 Å². The lowest BCUT2D eigenvalue weighted by Crippen LogP contribution is -2.37. The van der Waals surface area contributed by atoms with Crippen molar-refractivity contribution in [2.75, 3.05) is 38.1 Å². The summed E-state index contributed by atoms with van der Waals surface area (Å²) in [4.78, 5) is 11.8. The maximum atomic E-state index is 13.5. The van der Waals surface area contributed by atoms with Gasteiger partial charge in [0, 0.05) is 43.8 Å². The minimum atomic E-state index is -3.57. The monoisotopic (exact) mass is 531 g/mol. The van der Waals surface area contributed by atoms with Gasteiger partial charge in [-0.1, -0.05) is 6.07 Å². The fourth-order valence-electron chi connectivity index (χ4n) is 5.74. The summed E-state index contributed by atoms with van der Waals surface area (Å²) in [5, 5.41) is 11.5. The predicted molar refractivity (Wildman–Crippen MR) is 148 cm³/mol.